The van der Waals surface area contributed by atoms with Gasteiger partial charge < -0.3 is 5.11 Å². The van der Waals surface area contributed by atoms with Gasteiger partial charge in [-0.1, -0.05) is 37.1 Å². The van der Waals surface area contributed by atoms with E-state index in [-0.39, 0.29) is 6.10 Å². The number of thioether (sulfide) groups is 1. The first-order valence-corrected chi connectivity index (χ1v) is 8.43. The number of fused-ring (bicyclic) bond motifs is 1. The highest BCUT2D eigenvalue weighted by molar-refractivity contribution is 7.99. The zero-order chi connectivity index (χ0) is 13.1. The van der Waals surface area contributed by atoms with Crippen LogP contribution in [0.15, 0.2) is 40.8 Å². The molecular formula is C17H22OS. The molecule has 2 atom stereocenters. The number of allylic oxidation sites excluding steroid dienone is 1. The van der Waals surface area contributed by atoms with Gasteiger partial charge in [0.1, 0.15) is 0 Å². The quantitative estimate of drug-likeness (QED) is 0.800. The van der Waals surface area contributed by atoms with Crippen LogP contribution in [0.5, 0.6) is 0 Å². The standard InChI is InChI=1S/C17H22OS/c18-17(13-8-4-2-1-3-5-9-13)15-12-19-16-11-7-6-10-14(15)16/h6-8,10-11,15,17-18H,1-5,9,12H2/b13-8+. The van der Waals surface area contributed by atoms with Crippen molar-refractivity contribution in [3.63, 3.8) is 0 Å². The van der Waals surface area contributed by atoms with E-state index in [2.05, 4.69) is 30.3 Å². The first-order valence-electron chi connectivity index (χ1n) is 7.45. The van der Waals surface area contributed by atoms with Crippen molar-refractivity contribution < 1.29 is 5.11 Å². The summed E-state index contributed by atoms with van der Waals surface area (Å²) in [7, 11) is 0. The van der Waals surface area contributed by atoms with Crippen LogP contribution in [0, 0.1) is 0 Å². The Morgan fingerprint density at radius 2 is 1.95 bits per heavy atom. The second kappa shape index (κ2) is 6.15. The van der Waals surface area contributed by atoms with Gasteiger partial charge in [0.05, 0.1) is 6.10 Å². The highest BCUT2D eigenvalue weighted by Crippen LogP contribution is 2.43. The van der Waals surface area contributed by atoms with Gasteiger partial charge in [0, 0.05) is 16.6 Å². The second-order valence-corrected chi connectivity index (χ2v) is 6.69. The molecule has 2 heteroatoms. The van der Waals surface area contributed by atoms with Crippen molar-refractivity contribution in [1.82, 2.24) is 0 Å². The van der Waals surface area contributed by atoms with Crippen LogP contribution in [-0.4, -0.2) is 17.0 Å². The van der Waals surface area contributed by atoms with Crippen LogP contribution in [0.2, 0.25) is 0 Å². The minimum Gasteiger partial charge on any atom is -0.388 e. The predicted molar refractivity (Wildman–Crippen MR) is 81.7 cm³/mol. The summed E-state index contributed by atoms with van der Waals surface area (Å²) in [6.07, 6.45) is 9.47. The van der Waals surface area contributed by atoms with E-state index in [1.54, 1.807) is 0 Å². The van der Waals surface area contributed by atoms with E-state index in [9.17, 15) is 5.11 Å². The molecule has 2 aliphatic rings. The fourth-order valence-electron chi connectivity index (χ4n) is 3.19. The Labute approximate surface area is 120 Å². The Bertz CT molecular complexity index is 466. The SMILES string of the molecule is OC(/C1=C/CCCCCC1)C1CSc2ccccc21. The van der Waals surface area contributed by atoms with E-state index in [1.807, 2.05) is 11.8 Å². The maximum absolute atomic E-state index is 10.8. The van der Waals surface area contributed by atoms with Gasteiger partial charge in [-0.3, -0.25) is 0 Å². The smallest absolute Gasteiger partial charge is 0.0827 e. The van der Waals surface area contributed by atoms with Crippen LogP contribution in [-0.2, 0) is 0 Å². The summed E-state index contributed by atoms with van der Waals surface area (Å²) in [4.78, 5) is 1.36. The van der Waals surface area contributed by atoms with E-state index in [0.717, 1.165) is 18.6 Å². The van der Waals surface area contributed by atoms with Crippen molar-refractivity contribution in [3.8, 4) is 0 Å². The molecule has 102 valence electrons. The van der Waals surface area contributed by atoms with Crippen LogP contribution in [0.1, 0.15) is 50.0 Å². The zero-order valence-corrected chi connectivity index (χ0v) is 12.2. The fraction of sp³-hybridized carbons (Fsp3) is 0.529. The molecule has 0 saturated heterocycles. The number of aliphatic hydroxyl groups is 1. The molecule has 0 amide bonds. The molecule has 19 heavy (non-hydrogen) atoms. The number of benzene rings is 1. The third-order valence-electron chi connectivity index (χ3n) is 4.32. The summed E-state index contributed by atoms with van der Waals surface area (Å²) >= 11 is 1.89. The zero-order valence-electron chi connectivity index (χ0n) is 11.3. The van der Waals surface area contributed by atoms with Gasteiger partial charge in [-0.25, -0.2) is 0 Å². The lowest BCUT2D eigenvalue weighted by Gasteiger charge is -2.23. The summed E-state index contributed by atoms with van der Waals surface area (Å²) in [5.41, 5.74) is 2.64. The average Bonchev–Trinajstić information content (AvgIpc) is 2.81. The maximum Gasteiger partial charge on any atom is 0.0827 e. The average molecular weight is 274 g/mol. The van der Waals surface area contributed by atoms with Gasteiger partial charge in [0.25, 0.3) is 0 Å². The van der Waals surface area contributed by atoms with Gasteiger partial charge in [0.2, 0.25) is 0 Å². The monoisotopic (exact) mass is 274 g/mol. The van der Waals surface area contributed by atoms with E-state index in [1.165, 1.54) is 41.7 Å². The molecular weight excluding hydrogens is 252 g/mol. The third kappa shape index (κ3) is 2.90. The van der Waals surface area contributed by atoms with Crippen LogP contribution < -0.4 is 0 Å². The molecule has 1 aliphatic carbocycles. The highest BCUT2D eigenvalue weighted by Gasteiger charge is 2.30. The van der Waals surface area contributed by atoms with Gasteiger partial charge in [-0.05, 0) is 42.9 Å². The normalized spacial score (nSPS) is 27.8. The fourth-order valence-corrected chi connectivity index (χ4v) is 4.47. The third-order valence-corrected chi connectivity index (χ3v) is 5.53. The summed E-state index contributed by atoms with van der Waals surface area (Å²) in [5.74, 6) is 1.32. The van der Waals surface area contributed by atoms with Crippen LogP contribution in [0.3, 0.4) is 0 Å². The molecule has 1 nitrogen and oxygen atoms in total. The summed E-state index contributed by atoms with van der Waals surface area (Å²) in [6, 6.07) is 8.55. The number of aliphatic hydroxyl groups excluding tert-OH is 1. The highest BCUT2D eigenvalue weighted by atomic mass is 32.2. The van der Waals surface area contributed by atoms with Crippen LogP contribution in [0.4, 0.5) is 0 Å². The number of hydrogen-bond donors (Lipinski definition) is 1. The molecule has 0 aromatic heterocycles. The molecule has 0 bridgehead atoms. The molecule has 1 heterocycles. The Hall–Kier alpha value is -0.730. The van der Waals surface area contributed by atoms with E-state index >= 15 is 0 Å². The molecule has 1 N–H and O–H groups in total. The van der Waals surface area contributed by atoms with Gasteiger partial charge in [-0.2, -0.15) is 0 Å². The molecule has 0 spiro atoms. The van der Waals surface area contributed by atoms with Crippen molar-refractivity contribution >= 4 is 11.8 Å². The van der Waals surface area contributed by atoms with E-state index in [0.29, 0.717) is 5.92 Å². The number of rotatable bonds is 2. The van der Waals surface area contributed by atoms with Crippen molar-refractivity contribution in [2.45, 2.75) is 55.4 Å². The van der Waals surface area contributed by atoms with Gasteiger partial charge >= 0.3 is 0 Å². The second-order valence-electron chi connectivity index (χ2n) is 5.63. The molecule has 2 unspecified atom stereocenters. The van der Waals surface area contributed by atoms with Crippen LogP contribution in [0.25, 0.3) is 0 Å². The minimum atomic E-state index is -0.269. The lowest BCUT2D eigenvalue weighted by Crippen LogP contribution is -2.21. The van der Waals surface area contributed by atoms with Crippen molar-refractivity contribution in [3.05, 3.63) is 41.5 Å². The van der Waals surface area contributed by atoms with E-state index in [4.69, 9.17) is 0 Å². The molecule has 1 aliphatic heterocycles. The topological polar surface area (TPSA) is 20.2 Å². The lowest BCUT2D eigenvalue weighted by atomic mass is 9.86. The molecule has 0 radical (unpaired) electrons. The maximum atomic E-state index is 10.8. The van der Waals surface area contributed by atoms with Gasteiger partial charge in [0.15, 0.2) is 0 Å². The molecule has 3 rings (SSSR count). The van der Waals surface area contributed by atoms with Crippen molar-refractivity contribution in [2.24, 2.45) is 0 Å². The van der Waals surface area contributed by atoms with Crippen molar-refractivity contribution in [1.29, 1.82) is 0 Å². The van der Waals surface area contributed by atoms with E-state index < -0.39 is 0 Å². The Balaban J connectivity index is 1.78. The number of hydrogen-bond acceptors (Lipinski definition) is 2. The Morgan fingerprint density at radius 3 is 2.89 bits per heavy atom. The Kier molecular flexibility index (Phi) is 4.29. The summed E-state index contributed by atoms with van der Waals surface area (Å²) in [5, 5.41) is 10.8. The molecule has 0 saturated carbocycles. The predicted octanol–water partition coefficient (Wildman–Crippen LogP) is 4.52. The molecule has 1 aromatic rings. The Morgan fingerprint density at radius 1 is 1.11 bits per heavy atom. The molecule has 1 aromatic carbocycles. The van der Waals surface area contributed by atoms with Crippen LogP contribution >= 0.6 is 11.8 Å². The minimum absolute atomic E-state index is 0.269. The molecule has 0 fully saturated rings. The summed E-state index contributed by atoms with van der Waals surface area (Å²) < 4.78 is 0. The lowest BCUT2D eigenvalue weighted by molar-refractivity contribution is 0.181. The van der Waals surface area contributed by atoms with Gasteiger partial charge in [-0.15, -0.1) is 11.8 Å². The first kappa shape index (κ1) is 13.3. The first-order chi connectivity index (χ1) is 9.36. The summed E-state index contributed by atoms with van der Waals surface area (Å²) in [6.45, 7) is 0. The largest absolute Gasteiger partial charge is 0.388 e. The van der Waals surface area contributed by atoms with Crippen molar-refractivity contribution in [2.75, 3.05) is 5.75 Å².